The quantitative estimate of drug-likeness (QED) is 0.120. The molecule has 2 aliphatic carbocycles. The molecule has 2 aliphatic rings. The van der Waals surface area contributed by atoms with Crippen LogP contribution in [0.3, 0.4) is 0 Å². The summed E-state index contributed by atoms with van der Waals surface area (Å²) in [5.74, 6) is 2.46. The summed E-state index contributed by atoms with van der Waals surface area (Å²) in [4.78, 5) is 0. The maximum absolute atomic E-state index is 4.93. The molecule has 0 atom stereocenters. The van der Waals surface area contributed by atoms with E-state index in [9.17, 15) is 0 Å². The van der Waals surface area contributed by atoms with Crippen LogP contribution in [0.4, 0.5) is 0 Å². The Morgan fingerprint density at radius 2 is 1.16 bits per heavy atom. The molecule has 2 radical (unpaired) electrons. The minimum absolute atomic E-state index is 0.204. The van der Waals surface area contributed by atoms with E-state index in [1.807, 2.05) is 0 Å². The van der Waals surface area contributed by atoms with Gasteiger partial charge in [-0.1, -0.05) is 152 Å². The first-order valence-electron chi connectivity index (χ1n) is 20.7. The Bertz CT molecular complexity index is 2010. The zero-order valence-corrected chi connectivity index (χ0v) is 39.4. The van der Waals surface area contributed by atoms with Gasteiger partial charge in [0.1, 0.15) is 0 Å². The van der Waals surface area contributed by atoms with Crippen molar-refractivity contribution in [3.63, 3.8) is 0 Å². The van der Waals surface area contributed by atoms with Crippen LogP contribution in [0.5, 0.6) is 0 Å². The summed E-state index contributed by atoms with van der Waals surface area (Å²) in [6, 6.07) is 41.6. The van der Waals surface area contributed by atoms with E-state index < -0.39 is 20.8 Å². The fraction of sp³-hybridized carbons (Fsp3) is 0.412. The van der Waals surface area contributed by atoms with Crippen molar-refractivity contribution in [3.8, 4) is 22.3 Å². The van der Waals surface area contributed by atoms with Crippen LogP contribution >= 0.6 is 17.0 Å². The number of rotatable bonds is 5. The van der Waals surface area contributed by atoms with Gasteiger partial charge in [-0.15, -0.1) is 69.1 Å². The Labute approximate surface area is 355 Å². The second-order valence-electron chi connectivity index (χ2n) is 16.9. The van der Waals surface area contributed by atoms with Crippen molar-refractivity contribution >= 4 is 48.1 Å². The molecule has 0 aliphatic heterocycles. The van der Waals surface area contributed by atoms with Crippen molar-refractivity contribution < 1.29 is 20.8 Å². The van der Waals surface area contributed by atoms with Gasteiger partial charge in [-0.05, 0) is 77.5 Å². The SMILES string of the molecule is CC1CCC(c2cc3c(-c4ccc(C(C)(C)C)cc4)cccc3[cH-]2)CC1.CCc1cc2c(-c3ccc(C4CCCCC4)cc3)cccc2[cH-]1.C[Si]C.[Cl][Zr+2][Cl]. The van der Waals surface area contributed by atoms with E-state index in [-0.39, 0.29) is 5.41 Å². The molecule has 0 spiro atoms. The van der Waals surface area contributed by atoms with Crippen LogP contribution in [-0.4, -0.2) is 9.52 Å². The molecule has 0 saturated heterocycles. The standard InChI is InChI=1S/C26H31.C23H25.C2H6Si.2ClH.Zr/c1-18-8-10-19(11-9-18)22-16-21-6-5-7-24(25(21)17-22)20-12-14-23(15-13-20)26(2,3)4;1-2-17-15-21-9-6-10-22(23(21)16-17)20-13-11-19(12-14-20)18-7-4-3-5-8-18;1-3-2;;;/h5-7,12-19H,8-11H2,1-4H3;6,9-16,18H,2-5,7-8H2,1H3;1-2H3;2*1H;/q2*-1;;;;+4/p-2. The predicted molar refractivity (Wildman–Crippen MR) is 243 cm³/mol. The Balaban J connectivity index is 0.000000186. The number of halogens is 2. The van der Waals surface area contributed by atoms with E-state index in [2.05, 4.69) is 157 Å². The molecule has 0 amide bonds. The van der Waals surface area contributed by atoms with Crippen LogP contribution in [0.15, 0.2) is 109 Å². The first-order chi connectivity index (χ1) is 26.6. The molecule has 4 heteroatoms. The average Bonchev–Trinajstić information content (AvgIpc) is 3.84. The molecule has 55 heavy (non-hydrogen) atoms. The summed E-state index contributed by atoms with van der Waals surface area (Å²) >= 11 is -0.826. The van der Waals surface area contributed by atoms with Crippen LogP contribution < -0.4 is 0 Å². The van der Waals surface area contributed by atoms with Crippen LogP contribution in [0.25, 0.3) is 43.8 Å². The fourth-order valence-electron chi connectivity index (χ4n) is 8.61. The van der Waals surface area contributed by atoms with Gasteiger partial charge in [-0.3, -0.25) is 0 Å². The maximum atomic E-state index is 4.93. The molecular formula is C51H62Cl2SiZr. The molecule has 0 N–H and O–H groups in total. The Morgan fingerprint density at radius 1 is 0.655 bits per heavy atom. The molecule has 8 rings (SSSR count). The Morgan fingerprint density at radius 3 is 1.69 bits per heavy atom. The third-order valence-corrected chi connectivity index (χ3v) is 11.8. The zero-order valence-electron chi connectivity index (χ0n) is 34.5. The van der Waals surface area contributed by atoms with Gasteiger partial charge in [0.25, 0.3) is 0 Å². The van der Waals surface area contributed by atoms with Crippen LogP contribution in [0.1, 0.15) is 126 Å². The van der Waals surface area contributed by atoms with Crippen molar-refractivity contribution in [1.29, 1.82) is 0 Å². The van der Waals surface area contributed by atoms with Crippen molar-refractivity contribution in [1.82, 2.24) is 0 Å². The van der Waals surface area contributed by atoms with Gasteiger partial charge in [0.05, 0.1) is 0 Å². The third-order valence-electron chi connectivity index (χ3n) is 11.8. The van der Waals surface area contributed by atoms with Gasteiger partial charge in [0, 0.05) is 9.52 Å². The topological polar surface area (TPSA) is 0 Å². The summed E-state index contributed by atoms with van der Waals surface area (Å²) in [5, 5.41) is 5.59. The second-order valence-corrected chi connectivity index (χ2v) is 21.7. The van der Waals surface area contributed by atoms with E-state index in [4.69, 9.17) is 17.0 Å². The molecule has 288 valence electrons. The number of hydrogen-bond acceptors (Lipinski definition) is 0. The van der Waals surface area contributed by atoms with E-state index in [0.29, 0.717) is 0 Å². The number of aryl methyl sites for hydroxylation is 1. The van der Waals surface area contributed by atoms with E-state index in [1.54, 1.807) is 5.56 Å². The van der Waals surface area contributed by atoms with Gasteiger partial charge in [-0.2, -0.15) is 12.1 Å². The minimum atomic E-state index is -0.826. The van der Waals surface area contributed by atoms with Crippen LogP contribution in [0, 0.1) is 5.92 Å². The normalized spacial score (nSPS) is 17.3. The van der Waals surface area contributed by atoms with E-state index >= 15 is 0 Å². The van der Waals surface area contributed by atoms with Gasteiger partial charge in [0.2, 0.25) is 0 Å². The molecule has 6 aromatic carbocycles. The third kappa shape index (κ3) is 11.9. The number of hydrogen-bond donors (Lipinski definition) is 0. The fourth-order valence-corrected chi connectivity index (χ4v) is 8.61. The van der Waals surface area contributed by atoms with Crippen LogP contribution in [0.2, 0.25) is 13.1 Å². The van der Waals surface area contributed by atoms with Gasteiger partial charge < -0.3 is 0 Å². The zero-order chi connectivity index (χ0) is 39.4. The van der Waals surface area contributed by atoms with Crippen molar-refractivity contribution in [2.24, 2.45) is 5.92 Å². The predicted octanol–water partition coefficient (Wildman–Crippen LogP) is 16.8. The first-order valence-corrected chi connectivity index (χ1v) is 29.1. The molecule has 2 fully saturated rings. The van der Waals surface area contributed by atoms with Crippen LogP contribution in [-0.2, 0) is 32.7 Å². The van der Waals surface area contributed by atoms with Gasteiger partial charge >= 0.3 is 37.9 Å². The summed E-state index contributed by atoms with van der Waals surface area (Å²) < 4.78 is 0. The number of benzene rings is 4. The summed E-state index contributed by atoms with van der Waals surface area (Å²) in [6.07, 6.45) is 13.6. The average molecular weight is 865 g/mol. The van der Waals surface area contributed by atoms with Crippen molar-refractivity contribution in [3.05, 3.63) is 131 Å². The molecule has 0 nitrogen and oxygen atoms in total. The Kier molecular flexibility index (Phi) is 17.2. The van der Waals surface area contributed by atoms with E-state index in [0.717, 1.165) is 33.7 Å². The van der Waals surface area contributed by atoms with Crippen molar-refractivity contribution in [2.75, 3.05) is 0 Å². The molecule has 0 bridgehead atoms. The van der Waals surface area contributed by atoms with E-state index in [1.165, 1.54) is 118 Å². The number of fused-ring (bicyclic) bond motifs is 2. The summed E-state index contributed by atoms with van der Waals surface area (Å²) in [5.41, 5.74) is 11.6. The van der Waals surface area contributed by atoms with Gasteiger partial charge in [-0.25, -0.2) is 0 Å². The summed E-state index contributed by atoms with van der Waals surface area (Å²) in [6.45, 7) is 15.8. The monoisotopic (exact) mass is 862 g/mol. The molecule has 0 aromatic heterocycles. The second kappa shape index (κ2) is 21.5. The summed E-state index contributed by atoms with van der Waals surface area (Å²) in [7, 11) is 11.0. The Hall–Kier alpha value is -2.22. The van der Waals surface area contributed by atoms with Gasteiger partial charge in [0.15, 0.2) is 0 Å². The van der Waals surface area contributed by atoms with Crippen molar-refractivity contribution in [2.45, 2.75) is 129 Å². The first kappa shape index (κ1) is 43.9. The molecule has 6 aromatic rings. The molecule has 0 heterocycles. The molecule has 0 unspecified atom stereocenters. The molecular weight excluding hydrogens is 803 g/mol. The molecule has 2 saturated carbocycles.